The third kappa shape index (κ3) is 10.5. The summed E-state index contributed by atoms with van der Waals surface area (Å²) in [6, 6.07) is 0.415. The van der Waals surface area contributed by atoms with Crippen molar-refractivity contribution in [3.05, 3.63) is 47.5 Å². The van der Waals surface area contributed by atoms with Crippen molar-refractivity contribution >= 4 is 0 Å². The molecule has 0 aromatic carbocycles. The van der Waals surface area contributed by atoms with Gasteiger partial charge in [-0.15, -0.1) is 0 Å². The van der Waals surface area contributed by atoms with Gasteiger partial charge in [0.1, 0.15) is 0 Å². The van der Waals surface area contributed by atoms with Crippen LogP contribution in [0.4, 0.5) is 0 Å². The SMILES string of the molecule is C=C(/C(=C\C=C(\OC)C(C)C)NC(CCC)(CCC(C)C)/C(C)=C/NC(C)C)C(C)C. The molecule has 3 nitrogen and oxygen atoms in total. The van der Waals surface area contributed by atoms with Crippen molar-refractivity contribution in [3.8, 4) is 0 Å². The summed E-state index contributed by atoms with van der Waals surface area (Å²) in [5.74, 6) is 2.34. The zero-order chi connectivity index (χ0) is 24.2. The molecule has 0 aromatic rings. The smallest absolute Gasteiger partial charge is 0.0981 e. The lowest BCUT2D eigenvalue weighted by atomic mass is 9.79. The summed E-state index contributed by atoms with van der Waals surface area (Å²) in [4.78, 5) is 0. The first kappa shape index (κ1) is 29.4. The Labute approximate surface area is 194 Å². The van der Waals surface area contributed by atoms with Gasteiger partial charge in [0.25, 0.3) is 0 Å². The molecule has 0 spiro atoms. The molecule has 0 saturated carbocycles. The van der Waals surface area contributed by atoms with Gasteiger partial charge >= 0.3 is 0 Å². The minimum Gasteiger partial charge on any atom is -0.501 e. The molecular weight excluding hydrogens is 380 g/mol. The van der Waals surface area contributed by atoms with E-state index in [1.165, 1.54) is 12.0 Å². The van der Waals surface area contributed by atoms with E-state index in [1.54, 1.807) is 7.11 Å². The van der Waals surface area contributed by atoms with Gasteiger partial charge in [-0.1, -0.05) is 61.5 Å². The van der Waals surface area contributed by atoms with Gasteiger partial charge in [-0.3, -0.25) is 0 Å². The first-order valence-electron chi connectivity index (χ1n) is 12.3. The lowest BCUT2D eigenvalue weighted by Crippen LogP contribution is -2.47. The molecule has 31 heavy (non-hydrogen) atoms. The second-order valence-electron chi connectivity index (χ2n) is 10.2. The van der Waals surface area contributed by atoms with Gasteiger partial charge in [-0.25, -0.2) is 0 Å². The maximum absolute atomic E-state index is 5.61. The summed E-state index contributed by atoms with van der Waals surface area (Å²) in [6.45, 7) is 26.7. The normalized spacial score (nSPS) is 15.6. The second-order valence-corrected chi connectivity index (χ2v) is 10.2. The van der Waals surface area contributed by atoms with E-state index in [0.717, 1.165) is 36.3 Å². The highest BCUT2D eigenvalue weighted by Gasteiger charge is 2.32. The Bertz CT molecular complexity index is 623. The van der Waals surface area contributed by atoms with Crippen LogP contribution in [0.25, 0.3) is 0 Å². The average Bonchev–Trinajstić information content (AvgIpc) is 2.68. The molecule has 0 radical (unpaired) electrons. The summed E-state index contributed by atoms with van der Waals surface area (Å²) in [7, 11) is 1.75. The molecule has 3 heteroatoms. The fourth-order valence-corrected chi connectivity index (χ4v) is 3.59. The summed E-state index contributed by atoms with van der Waals surface area (Å²) in [5, 5.41) is 7.52. The van der Waals surface area contributed by atoms with Crippen molar-refractivity contribution in [1.82, 2.24) is 10.6 Å². The Kier molecular flexibility index (Phi) is 13.7. The first-order chi connectivity index (χ1) is 14.4. The Morgan fingerprint density at radius 3 is 2.00 bits per heavy atom. The highest BCUT2D eigenvalue weighted by atomic mass is 16.5. The van der Waals surface area contributed by atoms with Crippen LogP contribution in [-0.2, 0) is 4.74 Å². The Balaban J connectivity index is 6.44. The zero-order valence-corrected chi connectivity index (χ0v) is 22.5. The molecule has 0 aliphatic heterocycles. The lowest BCUT2D eigenvalue weighted by molar-refractivity contribution is 0.253. The number of ether oxygens (including phenoxy) is 1. The van der Waals surface area contributed by atoms with Crippen molar-refractivity contribution in [3.63, 3.8) is 0 Å². The second kappa shape index (κ2) is 14.4. The van der Waals surface area contributed by atoms with E-state index in [9.17, 15) is 0 Å². The van der Waals surface area contributed by atoms with Crippen LogP contribution in [0, 0.1) is 17.8 Å². The summed E-state index contributed by atoms with van der Waals surface area (Å²) >= 11 is 0. The van der Waals surface area contributed by atoms with Crippen molar-refractivity contribution in [1.29, 1.82) is 0 Å². The van der Waals surface area contributed by atoms with E-state index in [-0.39, 0.29) is 5.54 Å². The van der Waals surface area contributed by atoms with Gasteiger partial charge in [0.05, 0.1) is 18.4 Å². The monoisotopic (exact) mass is 432 g/mol. The highest BCUT2D eigenvalue weighted by molar-refractivity contribution is 5.36. The predicted molar refractivity (Wildman–Crippen MR) is 139 cm³/mol. The van der Waals surface area contributed by atoms with E-state index in [1.807, 2.05) is 0 Å². The van der Waals surface area contributed by atoms with Crippen LogP contribution < -0.4 is 10.6 Å². The maximum atomic E-state index is 5.61. The number of allylic oxidation sites excluding steroid dienone is 4. The van der Waals surface area contributed by atoms with Crippen LogP contribution >= 0.6 is 0 Å². The van der Waals surface area contributed by atoms with Crippen molar-refractivity contribution in [2.45, 2.75) is 107 Å². The largest absolute Gasteiger partial charge is 0.501 e. The van der Waals surface area contributed by atoms with Crippen molar-refractivity contribution in [2.24, 2.45) is 17.8 Å². The quantitative estimate of drug-likeness (QED) is 0.205. The molecule has 0 fully saturated rings. The van der Waals surface area contributed by atoms with Gasteiger partial charge in [-0.2, -0.15) is 0 Å². The third-order valence-electron chi connectivity index (χ3n) is 5.85. The molecule has 0 amide bonds. The van der Waals surface area contributed by atoms with Crippen LogP contribution in [0.5, 0.6) is 0 Å². The van der Waals surface area contributed by atoms with Gasteiger partial charge in [0.15, 0.2) is 0 Å². The molecule has 1 unspecified atom stereocenters. The molecule has 2 N–H and O–H groups in total. The van der Waals surface area contributed by atoms with Crippen LogP contribution in [0.15, 0.2) is 47.5 Å². The molecule has 0 bridgehead atoms. The highest BCUT2D eigenvalue weighted by Crippen LogP contribution is 2.33. The minimum absolute atomic E-state index is 0.108. The number of hydrogen-bond acceptors (Lipinski definition) is 3. The molecule has 1 atom stereocenters. The standard InChI is InChI=1S/C28H52N2O/c1-13-17-28(18-16-20(2)3,24(10)19-29-23(8)9)30-26(25(11)21(4)5)14-15-27(31-12)22(6)7/h14-15,19-23,29-30H,11,13,16-18H2,1-10,12H3/b24-19+,26-14+,27-15+. The number of hydrogen-bond donors (Lipinski definition) is 2. The third-order valence-corrected chi connectivity index (χ3v) is 5.85. The number of nitrogens with one attached hydrogen (secondary N) is 2. The summed E-state index contributed by atoms with van der Waals surface area (Å²) < 4.78 is 5.61. The Morgan fingerprint density at radius 2 is 1.58 bits per heavy atom. The molecule has 0 aromatic heterocycles. The average molecular weight is 433 g/mol. The van der Waals surface area contributed by atoms with Crippen LogP contribution in [0.3, 0.4) is 0 Å². The first-order valence-corrected chi connectivity index (χ1v) is 12.3. The molecule has 180 valence electrons. The van der Waals surface area contributed by atoms with Crippen molar-refractivity contribution < 1.29 is 4.74 Å². The maximum Gasteiger partial charge on any atom is 0.0981 e. The van der Waals surface area contributed by atoms with Crippen molar-refractivity contribution in [2.75, 3.05) is 7.11 Å². The summed E-state index contributed by atoms with van der Waals surface area (Å²) in [5.41, 5.74) is 3.49. The zero-order valence-electron chi connectivity index (χ0n) is 22.5. The predicted octanol–water partition coefficient (Wildman–Crippen LogP) is 7.74. The minimum atomic E-state index is -0.108. The van der Waals surface area contributed by atoms with Gasteiger partial charge in [0.2, 0.25) is 0 Å². The van der Waals surface area contributed by atoms with Gasteiger partial charge < -0.3 is 15.4 Å². The molecule has 0 rings (SSSR count). The van der Waals surface area contributed by atoms with E-state index in [2.05, 4.69) is 105 Å². The van der Waals surface area contributed by atoms with Crippen LogP contribution in [0.2, 0.25) is 0 Å². The molecule has 0 saturated heterocycles. The molecule has 0 aliphatic rings. The fourth-order valence-electron chi connectivity index (χ4n) is 3.59. The van der Waals surface area contributed by atoms with Crippen LogP contribution in [0.1, 0.15) is 94.9 Å². The lowest BCUT2D eigenvalue weighted by Gasteiger charge is -2.39. The van der Waals surface area contributed by atoms with E-state index in [4.69, 9.17) is 4.74 Å². The Morgan fingerprint density at radius 1 is 0.968 bits per heavy atom. The van der Waals surface area contributed by atoms with E-state index >= 15 is 0 Å². The molecule has 0 aliphatic carbocycles. The summed E-state index contributed by atoms with van der Waals surface area (Å²) in [6.07, 6.45) is 10.9. The molecule has 0 heterocycles. The molecular formula is C28H52N2O. The Hall–Kier alpha value is -1.64. The fraction of sp³-hybridized carbons (Fsp3) is 0.714. The van der Waals surface area contributed by atoms with Crippen LogP contribution in [-0.4, -0.2) is 18.7 Å². The van der Waals surface area contributed by atoms with Gasteiger partial charge in [0, 0.05) is 17.7 Å². The topological polar surface area (TPSA) is 33.3 Å². The van der Waals surface area contributed by atoms with E-state index in [0.29, 0.717) is 23.8 Å². The number of methoxy groups -OCH3 is 1. The van der Waals surface area contributed by atoms with E-state index < -0.39 is 0 Å². The number of rotatable bonds is 15. The van der Waals surface area contributed by atoms with Gasteiger partial charge in [-0.05, 0) is 81.4 Å².